The van der Waals surface area contributed by atoms with Gasteiger partial charge in [0.25, 0.3) is 12.5 Å². The first-order valence-corrected chi connectivity index (χ1v) is 8.97. The van der Waals surface area contributed by atoms with Crippen LogP contribution in [0.2, 0.25) is 0 Å². The Labute approximate surface area is 149 Å². The lowest BCUT2D eigenvalue weighted by Crippen LogP contribution is -2.41. The van der Waals surface area contributed by atoms with Crippen LogP contribution in [0, 0.1) is 22.7 Å². The maximum absolute atomic E-state index is 12.2. The van der Waals surface area contributed by atoms with Gasteiger partial charge in [-0.25, -0.2) is 0 Å². The molecule has 8 heteroatoms. The van der Waals surface area contributed by atoms with Crippen LogP contribution in [-0.4, -0.2) is 11.2 Å². The van der Waals surface area contributed by atoms with Gasteiger partial charge in [-0.1, -0.05) is 25.5 Å². The van der Waals surface area contributed by atoms with Gasteiger partial charge in [0.15, 0.2) is 0 Å². The molecule has 0 saturated carbocycles. The summed E-state index contributed by atoms with van der Waals surface area (Å²) in [7, 11) is 0. The summed E-state index contributed by atoms with van der Waals surface area (Å²) >= 11 is 1.48. The molecule has 1 aliphatic carbocycles. The van der Waals surface area contributed by atoms with Crippen LogP contribution in [0.3, 0.4) is 0 Å². The number of nitrogens with zero attached hydrogens (tertiary/aromatic N) is 3. The van der Waals surface area contributed by atoms with E-state index < -0.39 is 5.95 Å². The maximum Gasteiger partial charge on any atom is 0.293 e. The van der Waals surface area contributed by atoms with Crippen LogP contribution in [-0.2, 0) is 24.2 Å². The van der Waals surface area contributed by atoms with Gasteiger partial charge >= 0.3 is 0 Å². The van der Waals surface area contributed by atoms with E-state index in [0.717, 1.165) is 35.7 Å². The van der Waals surface area contributed by atoms with Crippen molar-refractivity contribution in [2.24, 2.45) is 11.3 Å². The molecule has 0 fully saturated rings. The molecule has 2 heterocycles. The van der Waals surface area contributed by atoms with Gasteiger partial charge in [-0.2, -0.15) is 5.26 Å². The largest absolute Gasteiger partial charge is 0.539 e. The van der Waals surface area contributed by atoms with Gasteiger partial charge in [0.1, 0.15) is 17.0 Å². The molecular weight excluding hydrogens is 340 g/mol. The van der Waals surface area contributed by atoms with Crippen LogP contribution in [0.5, 0.6) is 5.95 Å². The van der Waals surface area contributed by atoms with Gasteiger partial charge in [-0.15, -0.1) is 11.3 Å². The number of carbonyl (C=O) groups excluding carboxylic acids is 1. The monoisotopic (exact) mass is 360 g/mol. The lowest BCUT2D eigenvalue weighted by molar-refractivity contribution is -0.750. The quantitative estimate of drug-likeness (QED) is 0.840. The second-order valence-corrected chi connectivity index (χ2v) is 8.50. The molecule has 2 aromatic heterocycles. The average Bonchev–Trinajstić information content (AvgIpc) is 3.08. The Balaban J connectivity index is 1.78. The van der Waals surface area contributed by atoms with Crippen LogP contribution >= 0.6 is 11.3 Å². The van der Waals surface area contributed by atoms with Crippen molar-refractivity contribution >= 4 is 22.2 Å². The molecular formula is C17H20N4O3S. The van der Waals surface area contributed by atoms with Crippen LogP contribution < -0.4 is 15.1 Å². The Morgan fingerprint density at radius 3 is 2.96 bits per heavy atom. The Morgan fingerprint density at radius 2 is 2.36 bits per heavy atom. The predicted octanol–water partition coefficient (Wildman–Crippen LogP) is 1.76. The van der Waals surface area contributed by atoms with Gasteiger partial charge < -0.3 is 14.9 Å². The zero-order valence-electron chi connectivity index (χ0n) is 14.5. The third kappa shape index (κ3) is 3.66. The summed E-state index contributed by atoms with van der Waals surface area (Å²) in [6.45, 7) is 6.58. The topological polar surface area (TPSA) is 106 Å². The molecule has 1 aliphatic rings. The van der Waals surface area contributed by atoms with Crippen molar-refractivity contribution < 1.29 is 19.1 Å². The summed E-state index contributed by atoms with van der Waals surface area (Å²) in [6.07, 6.45) is 3.96. The zero-order chi connectivity index (χ0) is 18.2. The summed E-state index contributed by atoms with van der Waals surface area (Å²) in [5.41, 5.74) is 1.85. The number of aromatic nitrogens is 2. The Morgan fingerprint density at radius 1 is 1.60 bits per heavy atom. The van der Waals surface area contributed by atoms with Crippen LogP contribution in [0.15, 0.2) is 10.7 Å². The number of carbonyl (C=O) groups is 1. The number of rotatable bonds is 3. The van der Waals surface area contributed by atoms with E-state index in [-0.39, 0.29) is 17.9 Å². The van der Waals surface area contributed by atoms with E-state index in [1.54, 1.807) is 0 Å². The van der Waals surface area contributed by atoms with Crippen molar-refractivity contribution in [3.8, 4) is 12.0 Å². The minimum atomic E-state index is -0.606. The molecule has 0 saturated heterocycles. The van der Waals surface area contributed by atoms with E-state index in [1.807, 2.05) is 0 Å². The number of nitriles is 1. The lowest BCUT2D eigenvalue weighted by Gasteiger charge is -2.33. The normalized spacial score (nSPS) is 17.0. The molecule has 25 heavy (non-hydrogen) atoms. The molecule has 0 aromatic carbocycles. The van der Waals surface area contributed by atoms with E-state index in [1.165, 1.54) is 16.2 Å². The highest BCUT2D eigenvalue weighted by Gasteiger charge is 2.32. The number of fused-ring (bicyclic) bond motifs is 1. The first-order chi connectivity index (χ1) is 11.8. The standard InChI is InChI=1S/C17H20N4O3S/c1-17(2,3)10-4-5-11-12(7-18)16(25-13(11)6-10)19-14(22)8-21-9-15(23)24-20-21/h9-10H,4-6,8H2,1-3H3,(H-,19,20,22,23). The second-order valence-electron chi connectivity index (χ2n) is 7.39. The Hall–Kier alpha value is -2.40. The van der Waals surface area contributed by atoms with Crippen molar-refractivity contribution in [2.75, 3.05) is 5.32 Å². The van der Waals surface area contributed by atoms with Gasteiger partial charge in [0, 0.05) is 4.88 Å². The summed E-state index contributed by atoms with van der Waals surface area (Å²) in [5, 5.41) is 27.3. The Bertz CT molecular complexity index is 841. The number of thiophene rings is 1. The zero-order valence-corrected chi connectivity index (χ0v) is 15.3. The number of amides is 1. The second kappa shape index (κ2) is 6.48. The molecule has 132 valence electrons. The highest BCUT2D eigenvalue weighted by molar-refractivity contribution is 7.16. The van der Waals surface area contributed by atoms with Crippen molar-refractivity contribution in [2.45, 2.75) is 46.6 Å². The molecule has 0 aliphatic heterocycles. The van der Waals surface area contributed by atoms with Crippen LogP contribution in [0.4, 0.5) is 5.00 Å². The average molecular weight is 360 g/mol. The van der Waals surface area contributed by atoms with Gasteiger partial charge in [0.05, 0.1) is 10.8 Å². The van der Waals surface area contributed by atoms with Gasteiger partial charge in [0.2, 0.25) is 6.20 Å². The van der Waals surface area contributed by atoms with E-state index in [9.17, 15) is 15.2 Å². The van der Waals surface area contributed by atoms with Gasteiger partial charge in [-0.05, 0) is 36.2 Å². The van der Waals surface area contributed by atoms with Crippen molar-refractivity contribution in [3.05, 3.63) is 22.2 Å². The number of hydrogen-bond donors (Lipinski definition) is 1. The molecule has 0 spiro atoms. The highest BCUT2D eigenvalue weighted by Crippen LogP contribution is 2.43. The van der Waals surface area contributed by atoms with Crippen molar-refractivity contribution in [3.63, 3.8) is 0 Å². The molecule has 0 bridgehead atoms. The molecule has 1 amide bonds. The lowest BCUT2D eigenvalue weighted by atomic mass is 9.72. The summed E-state index contributed by atoms with van der Waals surface area (Å²) in [4.78, 5) is 13.4. The van der Waals surface area contributed by atoms with Crippen molar-refractivity contribution in [1.82, 2.24) is 5.27 Å². The fraction of sp³-hybridized carbons (Fsp3) is 0.529. The first kappa shape index (κ1) is 17.4. The molecule has 2 aromatic rings. The fourth-order valence-corrected chi connectivity index (χ4v) is 4.47. The van der Waals surface area contributed by atoms with E-state index >= 15 is 0 Å². The van der Waals surface area contributed by atoms with Crippen LogP contribution in [0.25, 0.3) is 0 Å². The molecule has 1 N–H and O–H groups in total. The smallest absolute Gasteiger partial charge is 0.293 e. The maximum atomic E-state index is 12.2. The molecule has 3 rings (SSSR count). The van der Waals surface area contributed by atoms with Gasteiger partial charge in [-0.3, -0.25) is 4.79 Å². The number of hydrogen-bond acceptors (Lipinski definition) is 6. The first-order valence-electron chi connectivity index (χ1n) is 8.16. The summed E-state index contributed by atoms with van der Waals surface area (Å²) in [6, 6.07) is 2.24. The minimum Gasteiger partial charge on any atom is -0.539 e. The summed E-state index contributed by atoms with van der Waals surface area (Å²) < 4.78 is 5.53. The molecule has 1 atom stereocenters. The van der Waals surface area contributed by atoms with Crippen molar-refractivity contribution in [1.29, 1.82) is 5.26 Å². The third-order valence-corrected chi connectivity index (χ3v) is 5.82. The van der Waals surface area contributed by atoms with Crippen LogP contribution in [0.1, 0.15) is 43.2 Å². The number of nitrogens with one attached hydrogen (secondary N) is 1. The van der Waals surface area contributed by atoms with E-state index in [0.29, 0.717) is 16.5 Å². The van der Waals surface area contributed by atoms with E-state index in [4.69, 9.17) is 0 Å². The van der Waals surface area contributed by atoms with E-state index in [2.05, 4.69) is 42.0 Å². The number of anilines is 1. The highest BCUT2D eigenvalue weighted by atomic mass is 32.1. The third-order valence-electron chi connectivity index (χ3n) is 4.65. The summed E-state index contributed by atoms with van der Waals surface area (Å²) in [5.74, 6) is -0.388. The minimum absolute atomic E-state index is 0.135. The SMILES string of the molecule is CC(C)(C)C1CCc2c(sc(NC(=O)C[n+]3cc([O-])on3)c2C#N)C1. The Kier molecular flexibility index (Phi) is 4.52. The molecule has 1 unspecified atom stereocenters. The molecule has 7 nitrogen and oxygen atoms in total. The molecule has 0 radical (unpaired) electrons. The predicted molar refractivity (Wildman–Crippen MR) is 88.8 cm³/mol. The fourth-order valence-electron chi connectivity index (χ4n) is 3.18.